The van der Waals surface area contributed by atoms with Gasteiger partial charge in [0.1, 0.15) is 0 Å². The van der Waals surface area contributed by atoms with Crippen LogP contribution in [-0.4, -0.2) is 30.6 Å². The van der Waals surface area contributed by atoms with E-state index in [0.717, 1.165) is 13.1 Å². The average Bonchev–Trinajstić information content (AvgIpc) is 2.87. The third-order valence-electron chi connectivity index (χ3n) is 3.68. The Morgan fingerprint density at radius 1 is 1.44 bits per heavy atom. The van der Waals surface area contributed by atoms with Gasteiger partial charge in [0.25, 0.3) is 0 Å². The molecule has 2 nitrogen and oxygen atoms in total. The number of nitrogens with zero attached hydrogens (tertiary/aromatic N) is 1. The van der Waals surface area contributed by atoms with Crippen molar-refractivity contribution >= 4 is 15.9 Å². The molecule has 0 radical (unpaired) electrons. The molecule has 1 fully saturated rings. The van der Waals surface area contributed by atoms with Crippen LogP contribution >= 0.6 is 15.9 Å². The van der Waals surface area contributed by atoms with Crippen molar-refractivity contribution in [3.63, 3.8) is 0 Å². The standard InChI is InChI=1S/C15H23BrN2/c1-3-8-18(14-6-7-17-10-14)11-13-5-4-12(2)15(16)9-13/h4-5,9,14,17H,3,6-8,10-11H2,1-2H3. The Labute approximate surface area is 119 Å². The Balaban J connectivity index is 2.04. The van der Waals surface area contributed by atoms with Crippen LogP contribution in [0.1, 0.15) is 30.9 Å². The first-order valence-electron chi connectivity index (χ1n) is 6.90. The van der Waals surface area contributed by atoms with Gasteiger partial charge < -0.3 is 5.32 Å². The quantitative estimate of drug-likeness (QED) is 0.897. The first-order valence-corrected chi connectivity index (χ1v) is 7.69. The second-order valence-corrected chi connectivity index (χ2v) is 6.05. The lowest BCUT2D eigenvalue weighted by Crippen LogP contribution is -2.36. The van der Waals surface area contributed by atoms with Crippen molar-refractivity contribution in [2.75, 3.05) is 19.6 Å². The molecule has 3 heteroatoms. The Kier molecular flexibility index (Phi) is 5.22. The topological polar surface area (TPSA) is 15.3 Å². The van der Waals surface area contributed by atoms with E-state index < -0.39 is 0 Å². The summed E-state index contributed by atoms with van der Waals surface area (Å²) in [5.41, 5.74) is 2.72. The van der Waals surface area contributed by atoms with Gasteiger partial charge in [-0.2, -0.15) is 0 Å². The number of halogens is 1. The van der Waals surface area contributed by atoms with Crippen molar-refractivity contribution in [1.29, 1.82) is 0 Å². The highest BCUT2D eigenvalue weighted by molar-refractivity contribution is 9.10. The first-order chi connectivity index (χ1) is 8.70. The van der Waals surface area contributed by atoms with Gasteiger partial charge in [0.15, 0.2) is 0 Å². The van der Waals surface area contributed by atoms with E-state index in [0.29, 0.717) is 6.04 Å². The van der Waals surface area contributed by atoms with Crippen LogP contribution in [0.3, 0.4) is 0 Å². The molecule has 18 heavy (non-hydrogen) atoms. The summed E-state index contributed by atoms with van der Waals surface area (Å²) in [6.07, 6.45) is 2.51. The minimum atomic E-state index is 0.713. The van der Waals surface area contributed by atoms with Gasteiger partial charge in [-0.3, -0.25) is 4.90 Å². The summed E-state index contributed by atoms with van der Waals surface area (Å²) >= 11 is 3.63. The second-order valence-electron chi connectivity index (χ2n) is 5.20. The molecular weight excluding hydrogens is 288 g/mol. The lowest BCUT2D eigenvalue weighted by Gasteiger charge is -2.28. The van der Waals surface area contributed by atoms with Gasteiger partial charge in [0.05, 0.1) is 0 Å². The molecule has 2 rings (SSSR count). The Hall–Kier alpha value is -0.380. The molecular formula is C15H23BrN2. The van der Waals surface area contributed by atoms with Gasteiger partial charge in [-0.1, -0.05) is 35.0 Å². The monoisotopic (exact) mass is 310 g/mol. The molecule has 1 atom stereocenters. The Bertz CT molecular complexity index is 386. The summed E-state index contributed by atoms with van der Waals surface area (Å²) in [7, 11) is 0. The molecule has 1 aliphatic heterocycles. The molecule has 1 aromatic rings. The maximum absolute atomic E-state index is 3.63. The molecule has 1 heterocycles. The van der Waals surface area contributed by atoms with Gasteiger partial charge >= 0.3 is 0 Å². The summed E-state index contributed by atoms with van der Waals surface area (Å²) < 4.78 is 1.22. The highest BCUT2D eigenvalue weighted by atomic mass is 79.9. The van der Waals surface area contributed by atoms with Crippen LogP contribution in [0, 0.1) is 6.92 Å². The van der Waals surface area contributed by atoms with Crippen LogP contribution in [0.2, 0.25) is 0 Å². The van der Waals surface area contributed by atoms with Gasteiger partial charge in [-0.15, -0.1) is 0 Å². The van der Waals surface area contributed by atoms with Crippen LogP contribution in [0.25, 0.3) is 0 Å². The summed E-state index contributed by atoms with van der Waals surface area (Å²) in [5, 5.41) is 3.47. The molecule has 0 spiro atoms. The van der Waals surface area contributed by atoms with E-state index in [1.54, 1.807) is 0 Å². The molecule has 0 aliphatic carbocycles. The molecule has 0 bridgehead atoms. The number of rotatable bonds is 5. The van der Waals surface area contributed by atoms with Crippen molar-refractivity contribution in [2.45, 2.75) is 39.3 Å². The summed E-state index contributed by atoms with van der Waals surface area (Å²) in [6.45, 7) is 8.98. The largest absolute Gasteiger partial charge is 0.315 e. The number of aryl methyl sites for hydroxylation is 1. The first kappa shape index (κ1) is 14.0. The minimum Gasteiger partial charge on any atom is -0.315 e. The number of hydrogen-bond acceptors (Lipinski definition) is 2. The second kappa shape index (κ2) is 6.69. The number of benzene rings is 1. The molecule has 1 saturated heterocycles. The lowest BCUT2D eigenvalue weighted by atomic mass is 10.1. The van der Waals surface area contributed by atoms with Crippen LogP contribution in [-0.2, 0) is 6.54 Å². The normalized spacial score (nSPS) is 19.7. The number of hydrogen-bond donors (Lipinski definition) is 1. The summed E-state index contributed by atoms with van der Waals surface area (Å²) in [4.78, 5) is 2.62. The summed E-state index contributed by atoms with van der Waals surface area (Å²) in [5.74, 6) is 0. The zero-order valence-corrected chi connectivity index (χ0v) is 13.0. The molecule has 0 aromatic heterocycles. The maximum atomic E-state index is 3.63. The van der Waals surface area contributed by atoms with Crippen molar-refractivity contribution in [3.8, 4) is 0 Å². The van der Waals surface area contributed by atoms with Gasteiger partial charge in [0.2, 0.25) is 0 Å². The predicted molar refractivity (Wildman–Crippen MR) is 80.9 cm³/mol. The fourth-order valence-corrected chi connectivity index (χ4v) is 3.02. The van der Waals surface area contributed by atoms with E-state index in [1.165, 1.54) is 41.5 Å². The maximum Gasteiger partial charge on any atom is 0.0237 e. The Morgan fingerprint density at radius 3 is 2.89 bits per heavy atom. The zero-order chi connectivity index (χ0) is 13.0. The molecule has 1 unspecified atom stereocenters. The van der Waals surface area contributed by atoms with Gasteiger partial charge in [-0.25, -0.2) is 0 Å². The molecule has 1 aromatic carbocycles. The van der Waals surface area contributed by atoms with Crippen molar-refractivity contribution in [1.82, 2.24) is 10.2 Å². The Morgan fingerprint density at radius 2 is 2.28 bits per heavy atom. The molecule has 0 saturated carbocycles. The molecule has 0 amide bonds. The van der Waals surface area contributed by atoms with Crippen molar-refractivity contribution in [3.05, 3.63) is 33.8 Å². The fourth-order valence-electron chi connectivity index (χ4n) is 2.60. The SMILES string of the molecule is CCCN(Cc1ccc(C)c(Br)c1)C1CCNC1. The third-order valence-corrected chi connectivity index (χ3v) is 4.54. The van der Waals surface area contributed by atoms with Gasteiger partial charge in [0, 0.05) is 23.6 Å². The van der Waals surface area contributed by atoms with E-state index in [1.807, 2.05) is 0 Å². The van der Waals surface area contributed by atoms with Crippen molar-refractivity contribution in [2.24, 2.45) is 0 Å². The summed E-state index contributed by atoms with van der Waals surface area (Å²) in [6, 6.07) is 7.44. The van der Waals surface area contributed by atoms with Crippen LogP contribution < -0.4 is 5.32 Å². The van der Waals surface area contributed by atoms with Crippen LogP contribution in [0.5, 0.6) is 0 Å². The number of nitrogens with one attached hydrogen (secondary N) is 1. The van der Waals surface area contributed by atoms with Crippen LogP contribution in [0.15, 0.2) is 22.7 Å². The molecule has 1 N–H and O–H groups in total. The van der Waals surface area contributed by atoms with E-state index >= 15 is 0 Å². The fraction of sp³-hybridized carbons (Fsp3) is 0.600. The van der Waals surface area contributed by atoms with E-state index in [-0.39, 0.29) is 0 Å². The molecule has 1 aliphatic rings. The van der Waals surface area contributed by atoms with Crippen molar-refractivity contribution < 1.29 is 0 Å². The third kappa shape index (κ3) is 3.56. The zero-order valence-electron chi connectivity index (χ0n) is 11.4. The average molecular weight is 311 g/mol. The van der Waals surface area contributed by atoms with Crippen LogP contribution in [0.4, 0.5) is 0 Å². The lowest BCUT2D eigenvalue weighted by molar-refractivity contribution is 0.199. The van der Waals surface area contributed by atoms with Gasteiger partial charge in [-0.05, 0) is 50.0 Å². The molecule has 100 valence electrons. The highest BCUT2D eigenvalue weighted by Gasteiger charge is 2.21. The highest BCUT2D eigenvalue weighted by Crippen LogP contribution is 2.20. The van der Waals surface area contributed by atoms with E-state index in [4.69, 9.17) is 0 Å². The van der Waals surface area contributed by atoms with E-state index in [2.05, 4.69) is 58.2 Å². The van der Waals surface area contributed by atoms with E-state index in [9.17, 15) is 0 Å². The smallest absolute Gasteiger partial charge is 0.0237 e. The predicted octanol–water partition coefficient (Wildman–Crippen LogP) is 3.33. The minimum absolute atomic E-state index is 0.713.